The van der Waals surface area contributed by atoms with Crippen LogP contribution in [0.5, 0.6) is 5.75 Å². The summed E-state index contributed by atoms with van der Waals surface area (Å²) in [6.45, 7) is 12.9. The summed E-state index contributed by atoms with van der Waals surface area (Å²) < 4.78 is 11.8. The number of likely N-dealkylation sites (N-methyl/N-ethyl adjacent to an activating group) is 1. The van der Waals surface area contributed by atoms with Crippen LogP contribution >= 0.6 is 0 Å². The van der Waals surface area contributed by atoms with Gasteiger partial charge in [-0.2, -0.15) is 0 Å². The number of anilines is 1. The van der Waals surface area contributed by atoms with Gasteiger partial charge in [0.1, 0.15) is 11.9 Å². The first kappa shape index (κ1) is 26.5. The van der Waals surface area contributed by atoms with Crippen molar-refractivity contribution in [3.8, 4) is 5.75 Å². The molecule has 32 heavy (non-hydrogen) atoms. The number of amides is 1. The Morgan fingerprint density at radius 3 is 2.50 bits per heavy atom. The molecule has 1 atom stereocenters. The van der Waals surface area contributed by atoms with E-state index in [1.807, 2.05) is 24.3 Å². The molecule has 1 N–H and O–H groups in total. The molecule has 1 aliphatic rings. The highest BCUT2D eigenvalue weighted by atomic mass is 16.6. The Labute approximate surface area is 195 Å². The summed E-state index contributed by atoms with van der Waals surface area (Å²) in [7, 11) is 0. The highest BCUT2D eigenvalue weighted by Gasteiger charge is 2.21. The number of carbonyl (C=O) groups is 1. The number of nitrogens with zero attached hydrogens (tertiary/aromatic N) is 2. The van der Waals surface area contributed by atoms with Gasteiger partial charge < -0.3 is 14.4 Å². The molecule has 1 unspecified atom stereocenters. The number of likely N-dealkylation sites (tertiary alicyclic amines) is 1. The van der Waals surface area contributed by atoms with E-state index in [0.717, 1.165) is 51.4 Å². The Hall–Kier alpha value is -1.79. The van der Waals surface area contributed by atoms with E-state index in [9.17, 15) is 4.79 Å². The molecule has 1 aromatic carbocycles. The standard InChI is InChI=1S/C26H45N3O3/c1-4-7-8-13-19-31-24-16-14-15-23(20-24)27-26(30)32-25(21-28(5-2)6-3)22-29-17-11-9-10-12-18-29/h14-16,20,25H,4-13,17-19,21-22H2,1-3H3,(H,27,30). The SMILES string of the molecule is CCCCCCOc1cccc(NC(=O)OC(CN(CC)CC)CN2CCCCCC2)c1. The first-order valence-corrected chi connectivity index (χ1v) is 12.8. The largest absolute Gasteiger partial charge is 0.494 e. The molecule has 0 radical (unpaired) electrons. The van der Waals surface area contributed by atoms with Gasteiger partial charge in [-0.05, 0) is 57.6 Å². The van der Waals surface area contributed by atoms with Gasteiger partial charge >= 0.3 is 6.09 Å². The maximum Gasteiger partial charge on any atom is 0.411 e. The van der Waals surface area contributed by atoms with Crippen molar-refractivity contribution in [2.75, 3.05) is 51.2 Å². The van der Waals surface area contributed by atoms with Crippen LogP contribution in [0.25, 0.3) is 0 Å². The second kappa shape index (κ2) is 15.9. The van der Waals surface area contributed by atoms with Crippen LogP contribution in [0.1, 0.15) is 72.1 Å². The van der Waals surface area contributed by atoms with Gasteiger partial charge in [-0.1, -0.05) is 58.9 Å². The fraction of sp³-hybridized carbons (Fsp3) is 0.731. The molecule has 1 saturated heterocycles. The Morgan fingerprint density at radius 1 is 1.06 bits per heavy atom. The van der Waals surface area contributed by atoms with E-state index < -0.39 is 6.09 Å². The van der Waals surface area contributed by atoms with Gasteiger partial charge in [-0.25, -0.2) is 4.79 Å². The molecule has 1 heterocycles. The fourth-order valence-corrected chi connectivity index (χ4v) is 4.19. The Balaban J connectivity index is 1.89. The molecular weight excluding hydrogens is 402 g/mol. The zero-order chi connectivity index (χ0) is 23.0. The van der Waals surface area contributed by atoms with E-state index in [0.29, 0.717) is 12.3 Å². The van der Waals surface area contributed by atoms with Crippen LogP contribution < -0.4 is 10.1 Å². The first-order valence-electron chi connectivity index (χ1n) is 12.8. The molecular formula is C26H45N3O3. The normalized spacial score (nSPS) is 15.9. The predicted molar refractivity (Wildman–Crippen MR) is 133 cm³/mol. The number of unbranched alkanes of at least 4 members (excludes halogenated alkanes) is 3. The topological polar surface area (TPSA) is 54.0 Å². The minimum atomic E-state index is -0.392. The van der Waals surface area contributed by atoms with Crippen LogP contribution in [-0.4, -0.2) is 67.9 Å². The molecule has 1 aliphatic heterocycles. The van der Waals surface area contributed by atoms with E-state index in [1.54, 1.807) is 0 Å². The average Bonchev–Trinajstić information content (AvgIpc) is 3.06. The number of ether oxygens (including phenoxy) is 2. The van der Waals surface area contributed by atoms with Crippen LogP contribution in [0.15, 0.2) is 24.3 Å². The summed E-state index contributed by atoms with van der Waals surface area (Å²) in [5.41, 5.74) is 0.706. The number of carbonyl (C=O) groups excluding carboxylic acids is 1. The number of rotatable bonds is 14. The summed E-state index contributed by atoms with van der Waals surface area (Å²) in [6.07, 6.45) is 9.22. The quantitative estimate of drug-likeness (QED) is 0.366. The minimum Gasteiger partial charge on any atom is -0.494 e. The van der Waals surface area contributed by atoms with E-state index in [4.69, 9.17) is 9.47 Å². The van der Waals surface area contributed by atoms with Gasteiger partial charge in [0.15, 0.2) is 0 Å². The third-order valence-electron chi connectivity index (χ3n) is 6.14. The summed E-state index contributed by atoms with van der Waals surface area (Å²) in [6, 6.07) is 7.58. The molecule has 1 amide bonds. The zero-order valence-electron chi connectivity index (χ0n) is 20.6. The Bertz CT molecular complexity index is 628. The average molecular weight is 448 g/mol. The minimum absolute atomic E-state index is 0.147. The number of hydrogen-bond donors (Lipinski definition) is 1. The smallest absolute Gasteiger partial charge is 0.411 e. The molecule has 0 saturated carbocycles. The second-order valence-electron chi connectivity index (χ2n) is 8.79. The van der Waals surface area contributed by atoms with E-state index in [1.165, 1.54) is 44.9 Å². The van der Waals surface area contributed by atoms with E-state index in [-0.39, 0.29) is 6.10 Å². The lowest BCUT2D eigenvalue weighted by Gasteiger charge is -2.30. The maximum absolute atomic E-state index is 12.7. The highest BCUT2D eigenvalue weighted by molar-refractivity contribution is 5.85. The van der Waals surface area contributed by atoms with Crippen LogP contribution in [0.2, 0.25) is 0 Å². The lowest BCUT2D eigenvalue weighted by molar-refractivity contribution is 0.0558. The Morgan fingerprint density at radius 2 is 1.81 bits per heavy atom. The van der Waals surface area contributed by atoms with Crippen molar-refractivity contribution in [3.05, 3.63) is 24.3 Å². The summed E-state index contributed by atoms with van der Waals surface area (Å²) in [5, 5.41) is 2.90. The molecule has 0 aliphatic carbocycles. The molecule has 1 aromatic rings. The number of hydrogen-bond acceptors (Lipinski definition) is 5. The van der Waals surface area contributed by atoms with Crippen LogP contribution in [0.4, 0.5) is 10.5 Å². The van der Waals surface area contributed by atoms with Crippen molar-refractivity contribution >= 4 is 11.8 Å². The molecule has 2 rings (SSSR count). The zero-order valence-corrected chi connectivity index (χ0v) is 20.6. The first-order chi connectivity index (χ1) is 15.6. The van der Waals surface area contributed by atoms with Crippen molar-refractivity contribution in [3.63, 3.8) is 0 Å². The molecule has 0 spiro atoms. The fourth-order valence-electron chi connectivity index (χ4n) is 4.19. The summed E-state index contributed by atoms with van der Waals surface area (Å²) in [5.74, 6) is 0.781. The Kier molecular flexibility index (Phi) is 13.2. The predicted octanol–water partition coefficient (Wildman–Crippen LogP) is 5.78. The van der Waals surface area contributed by atoms with Crippen LogP contribution in [-0.2, 0) is 4.74 Å². The van der Waals surface area contributed by atoms with Gasteiger partial charge in [0.05, 0.1) is 6.61 Å². The second-order valence-corrected chi connectivity index (χ2v) is 8.79. The summed E-state index contributed by atoms with van der Waals surface area (Å²) in [4.78, 5) is 17.5. The van der Waals surface area contributed by atoms with E-state index >= 15 is 0 Å². The van der Waals surface area contributed by atoms with Crippen molar-refractivity contribution in [2.45, 2.75) is 78.2 Å². The van der Waals surface area contributed by atoms with Gasteiger partial charge in [0, 0.05) is 24.8 Å². The third-order valence-corrected chi connectivity index (χ3v) is 6.14. The lowest BCUT2D eigenvalue weighted by Crippen LogP contribution is -2.43. The third kappa shape index (κ3) is 10.7. The van der Waals surface area contributed by atoms with Crippen molar-refractivity contribution in [1.82, 2.24) is 9.80 Å². The maximum atomic E-state index is 12.7. The number of benzene rings is 1. The number of nitrogens with one attached hydrogen (secondary N) is 1. The van der Waals surface area contributed by atoms with E-state index in [2.05, 4.69) is 35.9 Å². The molecule has 0 bridgehead atoms. The van der Waals surface area contributed by atoms with Gasteiger partial charge in [0.25, 0.3) is 0 Å². The van der Waals surface area contributed by atoms with Gasteiger partial charge in [-0.15, -0.1) is 0 Å². The molecule has 1 fully saturated rings. The monoisotopic (exact) mass is 447 g/mol. The summed E-state index contributed by atoms with van der Waals surface area (Å²) >= 11 is 0. The van der Waals surface area contributed by atoms with Crippen molar-refractivity contribution < 1.29 is 14.3 Å². The lowest BCUT2D eigenvalue weighted by atomic mass is 10.2. The highest BCUT2D eigenvalue weighted by Crippen LogP contribution is 2.19. The molecule has 0 aromatic heterocycles. The molecule has 6 nitrogen and oxygen atoms in total. The van der Waals surface area contributed by atoms with Crippen molar-refractivity contribution in [2.24, 2.45) is 0 Å². The van der Waals surface area contributed by atoms with Crippen LogP contribution in [0, 0.1) is 0 Å². The molecule has 182 valence electrons. The van der Waals surface area contributed by atoms with Crippen molar-refractivity contribution in [1.29, 1.82) is 0 Å². The van der Waals surface area contributed by atoms with Gasteiger partial charge in [-0.3, -0.25) is 10.2 Å². The van der Waals surface area contributed by atoms with Crippen LogP contribution in [0.3, 0.4) is 0 Å². The molecule has 6 heteroatoms. The van der Waals surface area contributed by atoms with Gasteiger partial charge in [0.2, 0.25) is 0 Å².